The molecule has 0 aliphatic heterocycles. The molecule has 84 valence electrons. The van der Waals surface area contributed by atoms with Gasteiger partial charge in [0, 0.05) is 6.61 Å². The number of aliphatic hydroxyl groups is 1. The molecule has 1 nitrogen and oxygen atoms in total. The fraction of sp³-hybridized carbons (Fsp3) is 0.400. The van der Waals surface area contributed by atoms with E-state index in [1.54, 1.807) is 0 Å². The molecule has 1 heteroatoms. The van der Waals surface area contributed by atoms with E-state index >= 15 is 0 Å². The first kappa shape index (κ1) is 11.2. The van der Waals surface area contributed by atoms with Gasteiger partial charge in [-0.05, 0) is 35.0 Å². The van der Waals surface area contributed by atoms with Crippen molar-refractivity contribution in [3.05, 3.63) is 47.2 Å². The normalized spacial score (nSPS) is 22.2. The van der Waals surface area contributed by atoms with Gasteiger partial charge < -0.3 is 5.11 Å². The lowest BCUT2D eigenvalue weighted by Gasteiger charge is -2.45. The minimum Gasteiger partial charge on any atom is -0.396 e. The molecule has 1 N–H and O–H groups in total. The summed E-state index contributed by atoms with van der Waals surface area (Å²) < 4.78 is 0. The van der Waals surface area contributed by atoms with Gasteiger partial charge in [-0.1, -0.05) is 44.2 Å². The van der Waals surface area contributed by atoms with Crippen LogP contribution in [-0.2, 0) is 0 Å². The largest absolute Gasteiger partial charge is 0.396 e. The quantitative estimate of drug-likeness (QED) is 0.749. The third-order valence-corrected chi connectivity index (χ3v) is 3.68. The molecule has 0 saturated heterocycles. The van der Waals surface area contributed by atoms with E-state index in [-0.39, 0.29) is 12.0 Å². The van der Waals surface area contributed by atoms with Crippen molar-refractivity contribution in [3.8, 4) is 0 Å². The summed E-state index contributed by atoms with van der Waals surface area (Å²) in [6.45, 7) is 4.64. The van der Waals surface area contributed by atoms with E-state index in [4.69, 9.17) is 0 Å². The molecule has 16 heavy (non-hydrogen) atoms. The summed E-state index contributed by atoms with van der Waals surface area (Å²) in [5.41, 5.74) is 5.98. The molecule has 0 spiro atoms. The second kappa shape index (κ2) is 4.29. The second-order valence-electron chi connectivity index (χ2n) is 4.98. The summed E-state index contributed by atoms with van der Waals surface area (Å²) in [6, 6.07) is 10.2. The second-order valence-corrected chi connectivity index (χ2v) is 4.98. The van der Waals surface area contributed by atoms with E-state index in [1.165, 1.54) is 11.1 Å². The minimum absolute atomic E-state index is 0.111. The van der Waals surface area contributed by atoms with Gasteiger partial charge in [-0.15, -0.1) is 5.73 Å². The van der Waals surface area contributed by atoms with Crippen molar-refractivity contribution in [1.29, 1.82) is 0 Å². The number of rotatable bonds is 2. The Kier molecular flexibility index (Phi) is 3.00. The third-order valence-electron chi connectivity index (χ3n) is 3.68. The van der Waals surface area contributed by atoms with Crippen LogP contribution in [-0.4, -0.2) is 11.7 Å². The van der Waals surface area contributed by atoms with Crippen LogP contribution in [0.4, 0.5) is 0 Å². The Morgan fingerprint density at radius 2 is 2.06 bits per heavy atom. The fourth-order valence-corrected chi connectivity index (χ4v) is 2.14. The zero-order valence-corrected chi connectivity index (χ0v) is 9.90. The third kappa shape index (κ3) is 1.97. The Labute approximate surface area is 97.1 Å². The van der Waals surface area contributed by atoms with Crippen molar-refractivity contribution in [2.24, 2.45) is 11.3 Å². The van der Waals surface area contributed by atoms with Crippen molar-refractivity contribution in [2.75, 3.05) is 6.61 Å². The smallest absolute Gasteiger partial charge is 0.0470 e. The number of hydrogen-bond acceptors (Lipinski definition) is 1. The first-order chi connectivity index (χ1) is 7.64. The Morgan fingerprint density at radius 1 is 1.38 bits per heavy atom. The predicted octanol–water partition coefficient (Wildman–Crippen LogP) is 3.26. The van der Waals surface area contributed by atoms with Gasteiger partial charge in [0.15, 0.2) is 0 Å². The number of allylic oxidation sites excluding steroid dienone is 1. The van der Waals surface area contributed by atoms with Gasteiger partial charge in [-0.2, -0.15) is 0 Å². The van der Waals surface area contributed by atoms with Crippen LogP contribution in [0, 0.1) is 11.3 Å². The highest BCUT2D eigenvalue weighted by Crippen LogP contribution is 2.49. The van der Waals surface area contributed by atoms with E-state index < -0.39 is 0 Å². The maximum Gasteiger partial charge on any atom is 0.0470 e. The van der Waals surface area contributed by atoms with Crippen LogP contribution in [0.5, 0.6) is 0 Å². The lowest BCUT2D eigenvalue weighted by Crippen LogP contribution is -2.39. The van der Waals surface area contributed by atoms with Crippen LogP contribution in [0.3, 0.4) is 0 Å². The fourth-order valence-electron chi connectivity index (χ4n) is 2.14. The zero-order chi connectivity index (χ0) is 11.6. The molecule has 1 aliphatic carbocycles. The molecule has 0 radical (unpaired) electrons. The van der Waals surface area contributed by atoms with E-state index in [9.17, 15) is 5.11 Å². The first-order valence-electron chi connectivity index (χ1n) is 5.76. The summed E-state index contributed by atoms with van der Waals surface area (Å²) in [4.78, 5) is 0. The van der Waals surface area contributed by atoms with Gasteiger partial charge in [0.2, 0.25) is 0 Å². The summed E-state index contributed by atoms with van der Waals surface area (Å²) in [6.07, 6.45) is 3.01. The molecule has 1 unspecified atom stereocenters. The van der Waals surface area contributed by atoms with Gasteiger partial charge in [0.25, 0.3) is 0 Å². The standard InChI is InChI=1S/C15H18O/c1-15(2)13(10-14(15)11-16)9-8-12-6-4-3-5-7-12/h3-8,14,16H,10-11H2,1-2H3. The predicted molar refractivity (Wildman–Crippen MR) is 66.9 cm³/mol. The molecule has 0 amide bonds. The molecule has 1 aromatic carbocycles. The number of aliphatic hydroxyl groups excluding tert-OH is 1. The van der Waals surface area contributed by atoms with Crippen molar-refractivity contribution >= 4 is 6.08 Å². The van der Waals surface area contributed by atoms with Crippen LogP contribution in [0.1, 0.15) is 25.8 Å². The van der Waals surface area contributed by atoms with Crippen LogP contribution < -0.4 is 0 Å². The van der Waals surface area contributed by atoms with Gasteiger partial charge >= 0.3 is 0 Å². The topological polar surface area (TPSA) is 20.2 Å². The maximum absolute atomic E-state index is 9.17. The van der Waals surface area contributed by atoms with Crippen molar-refractivity contribution in [1.82, 2.24) is 0 Å². The van der Waals surface area contributed by atoms with E-state index in [0.717, 1.165) is 6.42 Å². The SMILES string of the molecule is CC1(C)C(=C=Cc2ccccc2)CC1CO. The Balaban J connectivity index is 2.19. The van der Waals surface area contributed by atoms with E-state index in [1.807, 2.05) is 24.3 Å². The monoisotopic (exact) mass is 214 g/mol. The van der Waals surface area contributed by atoms with Gasteiger partial charge in [-0.25, -0.2) is 0 Å². The Bertz CT molecular complexity index is 422. The molecule has 1 aliphatic rings. The summed E-state index contributed by atoms with van der Waals surface area (Å²) in [5, 5.41) is 9.17. The molecule has 1 fully saturated rings. The first-order valence-corrected chi connectivity index (χ1v) is 5.76. The summed E-state index contributed by atoms with van der Waals surface area (Å²) >= 11 is 0. The Morgan fingerprint density at radius 3 is 2.62 bits per heavy atom. The highest BCUT2D eigenvalue weighted by atomic mass is 16.3. The number of benzene rings is 1. The molecule has 0 heterocycles. The highest BCUT2D eigenvalue weighted by Gasteiger charge is 2.42. The average Bonchev–Trinajstić information content (AvgIpc) is 2.29. The summed E-state index contributed by atoms with van der Waals surface area (Å²) in [5.74, 6) is 0.402. The lowest BCUT2D eigenvalue weighted by molar-refractivity contribution is 0.0854. The van der Waals surface area contributed by atoms with Crippen LogP contribution in [0.2, 0.25) is 0 Å². The minimum atomic E-state index is 0.111. The van der Waals surface area contributed by atoms with Crippen LogP contribution in [0.15, 0.2) is 41.6 Å². The van der Waals surface area contributed by atoms with Gasteiger partial charge in [0.1, 0.15) is 0 Å². The lowest BCUT2D eigenvalue weighted by atomic mass is 9.59. The van der Waals surface area contributed by atoms with Crippen molar-refractivity contribution < 1.29 is 5.11 Å². The molecular weight excluding hydrogens is 196 g/mol. The molecule has 1 aromatic rings. The Hall–Kier alpha value is -1.30. The number of hydrogen-bond donors (Lipinski definition) is 1. The highest BCUT2D eigenvalue weighted by molar-refractivity contribution is 5.50. The van der Waals surface area contributed by atoms with Gasteiger partial charge in [0.05, 0.1) is 0 Å². The van der Waals surface area contributed by atoms with Gasteiger partial charge in [-0.3, -0.25) is 0 Å². The van der Waals surface area contributed by atoms with E-state index in [2.05, 4.69) is 31.7 Å². The van der Waals surface area contributed by atoms with E-state index in [0.29, 0.717) is 5.92 Å². The van der Waals surface area contributed by atoms with Crippen LogP contribution >= 0.6 is 0 Å². The summed E-state index contributed by atoms with van der Waals surface area (Å²) in [7, 11) is 0. The molecule has 0 aromatic heterocycles. The van der Waals surface area contributed by atoms with Crippen LogP contribution in [0.25, 0.3) is 6.08 Å². The maximum atomic E-state index is 9.17. The molecule has 1 atom stereocenters. The molecule has 1 saturated carbocycles. The molecule has 2 rings (SSSR count). The molecule has 0 bridgehead atoms. The average molecular weight is 214 g/mol. The van der Waals surface area contributed by atoms with Crippen molar-refractivity contribution in [2.45, 2.75) is 20.3 Å². The molecular formula is C15H18O. The van der Waals surface area contributed by atoms with Crippen molar-refractivity contribution in [3.63, 3.8) is 0 Å². The zero-order valence-electron chi connectivity index (χ0n) is 9.90.